The lowest BCUT2D eigenvalue weighted by atomic mass is 9.84. The monoisotopic (exact) mass is 239 g/mol. The van der Waals surface area contributed by atoms with E-state index >= 15 is 0 Å². The van der Waals surface area contributed by atoms with Crippen LogP contribution in [-0.4, -0.2) is 35.1 Å². The molecule has 1 saturated carbocycles. The van der Waals surface area contributed by atoms with Crippen molar-refractivity contribution in [3.63, 3.8) is 0 Å². The van der Waals surface area contributed by atoms with Gasteiger partial charge in [-0.25, -0.2) is 0 Å². The highest BCUT2D eigenvalue weighted by atomic mass is 16.4. The van der Waals surface area contributed by atoms with Gasteiger partial charge in [-0.2, -0.15) is 0 Å². The molecular weight excluding hydrogens is 214 g/mol. The summed E-state index contributed by atoms with van der Waals surface area (Å²) in [5, 5.41) is 8.80. The Labute approximate surface area is 104 Å². The van der Waals surface area contributed by atoms with Crippen LogP contribution < -0.4 is 0 Å². The minimum absolute atomic E-state index is 0.370. The fourth-order valence-electron chi connectivity index (χ4n) is 3.50. The molecule has 98 valence electrons. The van der Waals surface area contributed by atoms with Crippen LogP contribution >= 0.6 is 0 Å². The summed E-state index contributed by atoms with van der Waals surface area (Å²) in [6.45, 7) is 4.61. The van der Waals surface area contributed by atoms with E-state index in [-0.39, 0.29) is 0 Å². The molecule has 1 aliphatic heterocycles. The van der Waals surface area contributed by atoms with Crippen molar-refractivity contribution in [3.8, 4) is 0 Å². The second kappa shape index (κ2) is 5.85. The van der Waals surface area contributed by atoms with Crippen molar-refractivity contribution in [3.05, 3.63) is 0 Å². The first kappa shape index (κ1) is 12.9. The molecule has 17 heavy (non-hydrogen) atoms. The lowest BCUT2D eigenvalue weighted by Gasteiger charge is -2.40. The molecule has 0 aromatic heterocycles. The Kier molecular flexibility index (Phi) is 4.43. The van der Waals surface area contributed by atoms with Crippen LogP contribution in [0.4, 0.5) is 0 Å². The highest BCUT2D eigenvalue weighted by Crippen LogP contribution is 2.30. The van der Waals surface area contributed by atoms with Crippen LogP contribution in [0.25, 0.3) is 0 Å². The minimum atomic E-state index is -0.630. The Balaban J connectivity index is 1.76. The number of carboxylic acids is 1. The first-order valence-corrected chi connectivity index (χ1v) is 7.11. The Bertz CT molecular complexity index is 259. The average Bonchev–Trinajstić information content (AvgIpc) is 2.29. The van der Waals surface area contributed by atoms with Crippen molar-refractivity contribution in [2.24, 2.45) is 11.8 Å². The summed E-state index contributed by atoms with van der Waals surface area (Å²) in [7, 11) is 0. The van der Waals surface area contributed by atoms with Crippen molar-refractivity contribution in [2.75, 3.05) is 13.1 Å². The van der Waals surface area contributed by atoms with E-state index in [1.807, 2.05) is 0 Å². The van der Waals surface area contributed by atoms with E-state index < -0.39 is 5.97 Å². The van der Waals surface area contributed by atoms with E-state index in [4.69, 9.17) is 5.11 Å². The Hall–Kier alpha value is -0.570. The van der Waals surface area contributed by atoms with E-state index in [0.29, 0.717) is 12.3 Å². The summed E-state index contributed by atoms with van der Waals surface area (Å²) in [5.74, 6) is 0.671. The minimum Gasteiger partial charge on any atom is -0.481 e. The molecule has 3 nitrogen and oxygen atoms in total. The molecule has 1 aliphatic carbocycles. The molecule has 0 bridgehead atoms. The molecule has 2 atom stereocenters. The van der Waals surface area contributed by atoms with Crippen LogP contribution in [-0.2, 0) is 4.79 Å². The fourth-order valence-corrected chi connectivity index (χ4v) is 3.50. The van der Waals surface area contributed by atoms with Crippen LogP contribution in [0.5, 0.6) is 0 Å². The molecule has 0 unspecified atom stereocenters. The van der Waals surface area contributed by atoms with Gasteiger partial charge in [-0.05, 0) is 50.6 Å². The number of aliphatic carboxylic acids is 1. The van der Waals surface area contributed by atoms with E-state index in [2.05, 4.69) is 11.8 Å². The van der Waals surface area contributed by atoms with E-state index in [1.165, 1.54) is 25.7 Å². The summed E-state index contributed by atoms with van der Waals surface area (Å²) in [6, 6.07) is 0.782. The third-order valence-electron chi connectivity index (χ3n) is 4.54. The van der Waals surface area contributed by atoms with Crippen molar-refractivity contribution in [2.45, 2.75) is 57.9 Å². The molecule has 0 spiro atoms. The number of likely N-dealkylation sites (tertiary alicyclic amines) is 1. The maximum Gasteiger partial charge on any atom is 0.303 e. The lowest BCUT2D eigenvalue weighted by molar-refractivity contribution is -0.138. The van der Waals surface area contributed by atoms with Gasteiger partial charge < -0.3 is 10.0 Å². The average molecular weight is 239 g/mol. The molecule has 2 rings (SSSR count). The third kappa shape index (κ3) is 3.70. The number of piperidine rings is 1. The van der Waals surface area contributed by atoms with E-state index in [9.17, 15) is 4.79 Å². The molecule has 3 heteroatoms. The Morgan fingerprint density at radius 1 is 1.24 bits per heavy atom. The predicted octanol–water partition coefficient (Wildman–Crippen LogP) is 2.75. The molecule has 1 N–H and O–H groups in total. The smallest absolute Gasteiger partial charge is 0.303 e. The number of carbonyl (C=O) groups is 1. The van der Waals surface area contributed by atoms with Gasteiger partial charge in [0.1, 0.15) is 0 Å². The van der Waals surface area contributed by atoms with Gasteiger partial charge >= 0.3 is 5.97 Å². The van der Waals surface area contributed by atoms with Crippen LogP contribution in [0.1, 0.15) is 51.9 Å². The van der Waals surface area contributed by atoms with Crippen molar-refractivity contribution < 1.29 is 9.90 Å². The maximum absolute atomic E-state index is 10.7. The van der Waals surface area contributed by atoms with Crippen molar-refractivity contribution in [1.29, 1.82) is 0 Å². The zero-order valence-corrected chi connectivity index (χ0v) is 10.9. The summed E-state index contributed by atoms with van der Waals surface area (Å²) < 4.78 is 0. The zero-order chi connectivity index (χ0) is 12.3. The van der Waals surface area contributed by atoms with Crippen LogP contribution in [0, 0.1) is 11.8 Å². The topological polar surface area (TPSA) is 40.5 Å². The quantitative estimate of drug-likeness (QED) is 0.823. The summed E-state index contributed by atoms with van der Waals surface area (Å²) in [5.41, 5.74) is 0. The van der Waals surface area contributed by atoms with Crippen molar-refractivity contribution in [1.82, 2.24) is 4.90 Å². The van der Waals surface area contributed by atoms with Crippen LogP contribution in [0.3, 0.4) is 0 Å². The Morgan fingerprint density at radius 3 is 2.53 bits per heavy atom. The molecule has 2 fully saturated rings. The maximum atomic E-state index is 10.7. The molecule has 1 saturated heterocycles. The van der Waals surface area contributed by atoms with Gasteiger partial charge in [0.15, 0.2) is 0 Å². The molecule has 2 aliphatic rings. The molecule has 0 aromatic carbocycles. The number of hydrogen-bond donors (Lipinski definition) is 1. The van der Waals surface area contributed by atoms with Gasteiger partial charge in [-0.3, -0.25) is 4.79 Å². The predicted molar refractivity (Wildman–Crippen MR) is 68.0 cm³/mol. The van der Waals surface area contributed by atoms with E-state index in [1.54, 1.807) is 0 Å². The van der Waals surface area contributed by atoms with Gasteiger partial charge in [0.05, 0.1) is 0 Å². The second-order valence-corrected chi connectivity index (χ2v) is 6.00. The molecule has 1 heterocycles. The highest BCUT2D eigenvalue weighted by Gasteiger charge is 2.28. The summed E-state index contributed by atoms with van der Waals surface area (Å²) in [4.78, 5) is 13.3. The normalized spacial score (nSPS) is 32.5. The number of hydrogen-bond acceptors (Lipinski definition) is 2. The summed E-state index contributed by atoms with van der Waals surface area (Å²) >= 11 is 0. The largest absolute Gasteiger partial charge is 0.481 e. The van der Waals surface area contributed by atoms with Gasteiger partial charge in [0.25, 0.3) is 0 Å². The number of nitrogens with zero attached hydrogens (tertiary/aromatic N) is 1. The fraction of sp³-hybridized carbons (Fsp3) is 0.929. The van der Waals surface area contributed by atoms with Crippen LogP contribution in [0.15, 0.2) is 0 Å². The third-order valence-corrected chi connectivity index (χ3v) is 4.54. The molecular formula is C14H25NO2. The first-order chi connectivity index (χ1) is 8.15. The first-order valence-electron chi connectivity index (χ1n) is 7.11. The van der Waals surface area contributed by atoms with Gasteiger partial charge in [-0.1, -0.05) is 19.8 Å². The number of carboxylic acid groups (broad SMARTS) is 1. The summed E-state index contributed by atoms with van der Waals surface area (Å²) in [6.07, 6.45) is 8.01. The van der Waals surface area contributed by atoms with Gasteiger partial charge in [0.2, 0.25) is 0 Å². The lowest BCUT2D eigenvalue weighted by Crippen LogP contribution is -2.43. The molecule has 0 aromatic rings. The van der Waals surface area contributed by atoms with Crippen LogP contribution in [0.2, 0.25) is 0 Å². The standard InChI is InChI=1S/C14H25NO2/c1-11-3-2-4-13(9-11)15-7-5-12(6-8-15)10-14(16)17/h11-13H,2-10H2,1H3,(H,16,17)/t11-,13+/m1/s1. The van der Waals surface area contributed by atoms with Gasteiger partial charge in [0, 0.05) is 12.5 Å². The Morgan fingerprint density at radius 2 is 1.94 bits per heavy atom. The molecule has 0 radical (unpaired) electrons. The molecule has 0 amide bonds. The number of rotatable bonds is 3. The van der Waals surface area contributed by atoms with Crippen molar-refractivity contribution >= 4 is 5.97 Å². The van der Waals surface area contributed by atoms with E-state index in [0.717, 1.165) is 37.9 Å². The van der Waals surface area contributed by atoms with Gasteiger partial charge in [-0.15, -0.1) is 0 Å². The highest BCUT2D eigenvalue weighted by molar-refractivity contribution is 5.67. The SMILES string of the molecule is C[C@@H]1CCC[C@H](N2CCC(CC(=O)O)CC2)C1. The zero-order valence-electron chi connectivity index (χ0n) is 10.9. The second-order valence-electron chi connectivity index (χ2n) is 6.00.